The van der Waals surface area contributed by atoms with Crippen LogP contribution in [0.4, 0.5) is 0 Å². The molecule has 0 aliphatic heterocycles. The molecule has 0 saturated heterocycles. The number of allylic oxidation sites excluding steroid dienone is 4. The van der Waals surface area contributed by atoms with Crippen LogP contribution in [0.15, 0.2) is 159 Å². The molecule has 0 unspecified atom stereocenters. The molecule has 0 bridgehead atoms. The summed E-state index contributed by atoms with van der Waals surface area (Å²) in [6.07, 6.45) is 5.92. The minimum atomic E-state index is 0.967. The monoisotopic (exact) mass is 562 g/mol. The Morgan fingerprint density at radius 1 is 0.500 bits per heavy atom. The van der Waals surface area contributed by atoms with Gasteiger partial charge in [0.2, 0.25) is 0 Å². The lowest BCUT2D eigenvalue weighted by atomic mass is 9.77. The van der Waals surface area contributed by atoms with Gasteiger partial charge >= 0.3 is 0 Å². The highest BCUT2D eigenvalue weighted by atomic mass is 14.3. The van der Waals surface area contributed by atoms with Gasteiger partial charge in [0, 0.05) is 0 Å². The van der Waals surface area contributed by atoms with Crippen molar-refractivity contribution >= 4 is 37.9 Å². The second-order valence-corrected chi connectivity index (χ2v) is 11.5. The van der Waals surface area contributed by atoms with E-state index in [9.17, 15) is 0 Å². The first kappa shape index (κ1) is 27.4. The molecule has 0 spiro atoms. The van der Waals surface area contributed by atoms with E-state index in [0.29, 0.717) is 0 Å². The van der Waals surface area contributed by atoms with Gasteiger partial charge in [-0.05, 0) is 102 Å². The first-order valence-electron chi connectivity index (χ1n) is 15.2. The predicted octanol–water partition coefficient (Wildman–Crippen LogP) is 12.5. The van der Waals surface area contributed by atoms with E-state index in [1.807, 2.05) is 12.2 Å². The quantitative estimate of drug-likeness (QED) is 0.140. The Morgan fingerprint density at radius 2 is 0.909 bits per heavy atom. The molecule has 0 amide bonds. The molecule has 0 aromatic heterocycles. The van der Waals surface area contributed by atoms with Crippen molar-refractivity contribution in [1.29, 1.82) is 0 Å². The van der Waals surface area contributed by atoms with Gasteiger partial charge < -0.3 is 0 Å². The van der Waals surface area contributed by atoms with Crippen molar-refractivity contribution in [1.82, 2.24) is 0 Å². The summed E-state index contributed by atoms with van der Waals surface area (Å²) < 4.78 is 0. The molecular weight excluding hydrogens is 528 g/mol. The number of benzene rings is 7. The van der Waals surface area contributed by atoms with Crippen molar-refractivity contribution in [3.8, 4) is 33.4 Å². The maximum absolute atomic E-state index is 4.70. The van der Waals surface area contributed by atoms with Crippen molar-refractivity contribution in [2.45, 2.75) is 13.8 Å². The molecule has 0 fully saturated rings. The van der Waals surface area contributed by atoms with E-state index in [-0.39, 0.29) is 0 Å². The molecule has 0 aliphatic rings. The van der Waals surface area contributed by atoms with Crippen LogP contribution in [-0.4, -0.2) is 0 Å². The van der Waals surface area contributed by atoms with Crippen LogP contribution in [0.5, 0.6) is 0 Å². The Morgan fingerprint density at radius 3 is 1.39 bits per heavy atom. The Kier molecular flexibility index (Phi) is 7.04. The normalized spacial score (nSPS) is 11.5. The Bertz CT molecular complexity index is 2230. The average Bonchev–Trinajstić information content (AvgIpc) is 3.07. The molecule has 7 aromatic rings. The highest BCUT2D eigenvalue weighted by Gasteiger charge is 2.25. The smallest absolute Gasteiger partial charge is 0.000139 e. The van der Waals surface area contributed by atoms with E-state index < -0.39 is 0 Å². The van der Waals surface area contributed by atoms with Crippen LogP contribution in [0, 0.1) is 13.8 Å². The van der Waals surface area contributed by atoms with Crippen LogP contribution >= 0.6 is 0 Å². The summed E-state index contributed by atoms with van der Waals surface area (Å²) in [7, 11) is 0. The first-order chi connectivity index (χ1) is 21.6. The fourth-order valence-electron chi connectivity index (χ4n) is 6.75. The summed E-state index contributed by atoms with van der Waals surface area (Å²) >= 11 is 0. The molecule has 0 aliphatic carbocycles. The van der Waals surface area contributed by atoms with Crippen LogP contribution < -0.4 is 0 Å². The number of hydrogen-bond acceptors (Lipinski definition) is 0. The molecule has 7 aromatic carbocycles. The summed E-state index contributed by atoms with van der Waals surface area (Å²) in [5, 5.41) is 7.39. The Labute approximate surface area is 259 Å². The minimum absolute atomic E-state index is 0.967. The SMILES string of the molecule is C=C/C=C\C(=C)c1c2cc(C)c(C)cc2c(-c2ccccc2)c2c(-c3ccccc3)c3ccccc3c(-c3ccccc3)c12. The largest absolute Gasteiger partial charge is 0.0991 e. The van der Waals surface area contributed by atoms with Gasteiger partial charge in [0.1, 0.15) is 0 Å². The van der Waals surface area contributed by atoms with Gasteiger partial charge in [-0.25, -0.2) is 0 Å². The van der Waals surface area contributed by atoms with Crippen LogP contribution in [0.3, 0.4) is 0 Å². The van der Waals surface area contributed by atoms with Crippen LogP contribution in [-0.2, 0) is 0 Å². The summed E-state index contributed by atoms with van der Waals surface area (Å²) in [5.41, 5.74) is 12.0. The third-order valence-corrected chi connectivity index (χ3v) is 8.83. The van der Waals surface area contributed by atoms with Crippen molar-refractivity contribution in [2.24, 2.45) is 0 Å². The van der Waals surface area contributed by atoms with E-state index in [0.717, 1.165) is 11.1 Å². The van der Waals surface area contributed by atoms with E-state index in [2.05, 4.69) is 154 Å². The first-order valence-corrected chi connectivity index (χ1v) is 15.2. The van der Waals surface area contributed by atoms with Crippen molar-refractivity contribution < 1.29 is 0 Å². The van der Waals surface area contributed by atoms with E-state index in [1.165, 1.54) is 76.8 Å². The molecule has 7 rings (SSSR count). The van der Waals surface area contributed by atoms with E-state index >= 15 is 0 Å². The zero-order valence-corrected chi connectivity index (χ0v) is 25.3. The second-order valence-electron chi connectivity index (χ2n) is 11.5. The summed E-state index contributed by atoms with van der Waals surface area (Å²) in [5.74, 6) is 0. The van der Waals surface area contributed by atoms with Crippen molar-refractivity contribution in [3.05, 3.63) is 175 Å². The van der Waals surface area contributed by atoms with Gasteiger partial charge in [0.25, 0.3) is 0 Å². The molecule has 0 saturated carbocycles. The van der Waals surface area contributed by atoms with Crippen LogP contribution in [0.2, 0.25) is 0 Å². The zero-order chi connectivity index (χ0) is 30.2. The molecule has 0 heteroatoms. The third-order valence-electron chi connectivity index (χ3n) is 8.83. The molecule has 210 valence electrons. The lowest BCUT2D eigenvalue weighted by Crippen LogP contribution is -1.99. The van der Waals surface area contributed by atoms with E-state index in [4.69, 9.17) is 6.58 Å². The molecule has 0 atom stereocenters. The van der Waals surface area contributed by atoms with Crippen LogP contribution in [0.25, 0.3) is 71.3 Å². The fourth-order valence-corrected chi connectivity index (χ4v) is 6.75. The lowest BCUT2D eigenvalue weighted by molar-refractivity contribution is 1.37. The zero-order valence-electron chi connectivity index (χ0n) is 25.3. The van der Waals surface area contributed by atoms with Gasteiger partial charge in [-0.15, -0.1) is 0 Å². The Hall–Kier alpha value is -5.46. The highest BCUT2D eigenvalue weighted by Crippen LogP contribution is 2.52. The van der Waals surface area contributed by atoms with Crippen molar-refractivity contribution in [3.63, 3.8) is 0 Å². The van der Waals surface area contributed by atoms with Crippen LogP contribution in [0.1, 0.15) is 16.7 Å². The summed E-state index contributed by atoms with van der Waals surface area (Å²) in [4.78, 5) is 0. The fraction of sp³-hybridized carbons (Fsp3) is 0.0455. The maximum Gasteiger partial charge on any atom is -0.000139 e. The van der Waals surface area contributed by atoms with E-state index in [1.54, 1.807) is 0 Å². The molecule has 44 heavy (non-hydrogen) atoms. The van der Waals surface area contributed by atoms with Crippen molar-refractivity contribution in [2.75, 3.05) is 0 Å². The highest BCUT2D eigenvalue weighted by molar-refractivity contribution is 6.32. The number of hydrogen-bond donors (Lipinski definition) is 0. The second kappa shape index (κ2) is 11.3. The Balaban J connectivity index is 1.90. The topological polar surface area (TPSA) is 0 Å². The molecular formula is C44H34. The molecule has 0 N–H and O–H groups in total. The lowest BCUT2D eigenvalue weighted by Gasteiger charge is -2.26. The summed E-state index contributed by atoms with van der Waals surface area (Å²) in [6.45, 7) is 13.1. The summed E-state index contributed by atoms with van der Waals surface area (Å²) in [6, 6.07) is 46.3. The maximum atomic E-state index is 4.70. The average molecular weight is 563 g/mol. The van der Waals surface area contributed by atoms with Gasteiger partial charge in [0.15, 0.2) is 0 Å². The predicted molar refractivity (Wildman–Crippen MR) is 193 cm³/mol. The minimum Gasteiger partial charge on any atom is -0.0991 e. The van der Waals surface area contributed by atoms with Gasteiger partial charge in [-0.3, -0.25) is 0 Å². The molecule has 0 heterocycles. The number of fused-ring (bicyclic) bond motifs is 3. The molecule has 0 radical (unpaired) electrons. The van der Waals surface area contributed by atoms with Gasteiger partial charge in [-0.2, -0.15) is 0 Å². The molecule has 0 nitrogen and oxygen atoms in total. The third kappa shape index (κ3) is 4.48. The number of aryl methyl sites for hydroxylation is 2. The standard InChI is InChI=1S/C44H34/c1-5-6-18-29(2)39-37-27-30(3)31(4)28-38(37)42(34-23-14-9-15-24-34)44-41(33-21-12-8-13-22-33)36-26-17-16-25-35(36)40(43(39)44)32-19-10-7-11-20-32/h5-28H,1-2H2,3-4H3/b18-6-. The van der Waals surface area contributed by atoms with Gasteiger partial charge in [0.05, 0.1) is 0 Å². The van der Waals surface area contributed by atoms with Gasteiger partial charge in [-0.1, -0.05) is 159 Å². The number of rotatable bonds is 6.